The van der Waals surface area contributed by atoms with Crippen molar-refractivity contribution in [3.63, 3.8) is 0 Å². The quantitative estimate of drug-likeness (QED) is 0.403. The van der Waals surface area contributed by atoms with Crippen LogP contribution < -0.4 is 26.7 Å². The maximum absolute atomic E-state index is 13.3. The monoisotopic (exact) mass is 488 g/mol. The molecule has 5 N–H and O–H groups in total. The van der Waals surface area contributed by atoms with Crippen LogP contribution in [-0.2, 0) is 9.59 Å². The van der Waals surface area contributed by atoms with Crippen molar-refractivity contribution in [3.8, 4) is 0 Å². The van der Waals surface area contributed by atoms with Crippen LogP contribution in [0.5, 0.6) is 0 Å². The van der Waals surface area contributed by atoms with E-state index in [-0.39, 0.29) is 24.2 Å². The Kier molecular flexibility index (Phi) is 7.24. The van der Waals surface area contributed by atoms with E-state index in [0.29, 0.717) is 17.1 Å². The third kappa shape index (κ3) is 5.84. The molecule has 0 spiro atoms. The summed E-state index contributed by atoms with van der Waals surface area (Å²) in [6, 6.07) is 19.9. The van der Waals surface area contributed by atoms with Gasteiger partial charge < -0.3 is 21.7 Å². The van der Waals surface area contributed by atoms with Crippen LogP contribution >= 0.6 is 0 Å². The molecule has 0 radical (unpaired) electrons. The number of carbonyl (C=O) groups excluding carboxylic acids is 3. The van der Waals surface area contributed by atoms with E-state index in [4.69, 9.17) is 5.73 Å². The number of halogens is 1. The molecule has 3 aromatic rings. The van der Waals surface area contributed by atoms with Gasteiger partial charge in [0.2, 0.25) is 5.91 Å². The second kappa shape index (κ2) is 10.7. The van der Waals surface area contributed by atoms with Crippen molar-refractivity contribution >= 4 is 40.6 Å². The highest BCUT2D eigenvalue weighted by Crippen LogP contribution is 2.25. The molecule has 0 fully saturated rings. The number of hydrazone groups is 1. The van der Waals surface area contributed by atoms with Gasteiger partial charge in [-0.1, -0.05) is 30.3 Å². The number of carbonyl (C=O) groups is 3. The molecule has 2 atom stereocenters. The zero-order chi connectivity index (χ0) is 25.7. The Morgan fingerprint density at radius 1 is 0.944 bits per heavy atom. The number of para-hydroxylation sites is 1. The molecule has 1 aliphatic rings. The number of anilines is 3. The molecule has 0 aromatic heterocycles. The molecule has 1 aliphatic heterocycles. The average Bonchev–Trinajstić information content (AvgIpc) is 3.32. The fourth-order valence-electron chi connectivity index (χ4n) is 3.73. The van der Waals surface area contributed by atoms with Gasteiger partial charge in [-0.25, -0.2) is 9.18 Å². The van der Waals surface area contributed by atoms with Gasteiger partial charge in [0.25, 0.3) is 5.91 Å². The van der Waals surface area contributed by atoms with Gasteiger partial charge in [0.05, 0.1) is 11.7 Å². The molecule has 4 rings (SSSR count). The summed E-state index contributed by atoms with van der Waals surface area (Å²) in [5.74, 6) is -1.51. The normalized spacial score (nSPS) is 15.6. The van der Waals surface area contributed by atoms with E-state index >= 15 is 0 Å². The number of nitrogens with one attached hydrogen (secondary N) is 3. The Bertz CT molecular complexity index is 1280. The van der Waals surface area contributed by atoms with Gasteiger partial charge in [-0.05, 0) is 61.0 Å². The number of nitrogens with two attached hydrogens (primary N) is 1. The molecule has 0 bridgehead atoms. The zero-order valence-electron chi connectivity index (χ0n) is 19.4. The maximum atomic E-state index is 13.3. The van der Waals surface area contributed by atoms with Crippen molar-refractivity contribution < 1.29 is 18.8 Å². The molecule has 184 valence electrons. The van der Waals surface area contributed by atoms with E-state index in [9.17, 15) is 18.8 Å². The summed E-state index contributed by atoms with van der Waals surface area (Å²) in [5.41, 5.74) is 8.17. The molecule has 1 heterocycles. The fraction of sp³-hybridized carbons (Fsp3) is 0.154. The number of hydrogen-bond acceptors (Lipinski definition) is 5. The second-order valence-corrected chi connectivity index (χ2v) is 8.25. The highest BCUT2D eigenvalue weighted by molar-refractivity contribution is 6.40. The Labute approximate surface area is 207 Å². The number of nitrogens with zero attached hydrogens (tertiary/aromatic N) is 2. The van der Waals surface area contributed by atoms with Crippen molar-refractivity contribution in [1.82, 2.24) is 5.32 Å². The van der Waals surface area contributed by atoms with Crippen LogP contribution in [0.15, 0.2) is 84.0 Å². The molecule has 0 aliphatic carbocycles. The maximum Gasteiger partial charge on any atom is 0.323 e. The first kappa shape index (κ1) is 24.4. The van der Waals surface area contributed by atoms with E-state index in [2.05, 4.69) is 21.1 Å². The minimum Gasteiger partial charge on any atom is -0.368 e. The smallest absolute Gasteiger partial charge is 0.323 e. The van der Waals surface area contributed by atoms with Crippen LogP contribution in [0.25, 0.3) is 0 Å². The molecular weight excluding hydrogens is 463 g/mol. The zero-order valence-corrected chi connectivity index (χ0v) is 19.4. The minimum atomic E-state index is -0.848. The van der Waals surface area contributed by atoms with Crippen molar-refractivity contribution in [2.45, 2.75) is 25.4 Å². The molecule has 2 unspecified atom stereocenters. The third-order valence-corrected chi connectivity index (χ3v) is 5.64. The molecule has 0 saturated carbocycles. The van der Waals surface area contributed by atoms with Crippen LogP contribution in [-0.4, -0.2) is 29.6 Å². The topological polar surface area (TPSA) is 129 Å². The second-order valence-electron chi connectivity index (χ2n) is 8.25. The highest BCUT2D eigenvalue weighted by atomic mass is 19.1. The third-order valence-electron chi connectivity index (χ3n) is 5.64. The lowest BCUT2D eigenvalue weighted by molar-refractivity contribution is -0.119. The highest BCUT2D eigenvalue weighted by Gasteiger charge is 2.35. The standard InChI is InChI=1S/C26H25FN6O3/c1-16(17-7-11-20(12-8-17)31-26(36)30-19-5-3-2-4-6-19)29-25(35)22-15-23(24(28)34)33(32-22)21-13-9-18(27)10-14-21/h2-14,16,23H,15H2,1H3,(H2,28,34)(H,29,35)(H2,30,31,36). The van der Waals surface area contributed by atoms with Gasteiger partial charge in [0.15, 0.2) is 0 Å². The lowest BCUT2D eigenvalue weighted by Gasteiger charge is -2.20. The van der Waals surface area contributed by atoms with E-state index in [1.807, 2.05) is 18.2 Å². The van der Waals surface area contributed by atoms with Gasteiger partial charge in [0.1, 0.15) is 17.6 Å². The molecular formula is C26H25FN6O3. The van der Waals surface area contributed by atoms with Crippen molar-refractivity contribution in [1.29, 1.82) is 0 Å². The number of benzene rings is 3. The molecule has 0 saturated heterocycles. The number of urea groups is 1. The summed E-state index contributed by atoms with van der Waals surface area (Å²) in [6.45, 7) is 1.81. The van der Waals surface area contributed by atoms with Gasteiger partial charge in [-0.15, -0.1) is 0 Å². The number of hydrogen-bond donors (Lipinski definition) is 4. The van der Waals surface area contributed by atoms with Crippen LogP contribution in [0.1, 0.15) is 24.9 Å². The summed E-state index contributed by atoms with van der Waals surface area (Å²) < 4.78 is 13.3. The van der Waals surface area contributed by atoms with Crippen molar-refractivity contribution in [2.24, 2.45) is 10.8 Å². The van der Waals surface area contributed by atoms with Crippen LogP contribution in [0.2, 0.25) is 0 Å². The van der Waals surface area contributed by atoms with E-state index < -0.39 is 23.7 Å². The molecule has 10 heteroatoms. The number of amides is 4. The molecule has 36 heavy (non-hydrogen) atoms. The van der Waals surface area contributed by atoms with Crippen molar-refractivity contribution in [3.05, 3.63) is 90.2 Å². The van der Waals surface area contributed by atoms with Crippen LogP contribution in [0.4, 0.5) is 26.2 Å². The first-order valence-electron chi connectivity index (χ1n) is 11.3. The Hall–Kier alpha value is -4.73. The molecule has 3 aromatic carbocycles. The number of primary amides is 1. The summed E-state index contributed by atoms with van der Waals surface area (Å²) in [7, 11) is 0. The summed E-state index contributed by atoms with van der Waals surface area (Å²) >= 11 is 0. The minimum absolute atomic E-state index is 0.0324. The van der Waals surface area contributed by atoms with Crippen molar-refractivity contribution in [2.75, 3.05) is 15.6 Å². The first-order chi connectivity index (χ1) is 17.3. The fourth-order valence-corrected chi connectivity index (χ4v) is 3.73. The lowest BCUT2D eigenvalue weighted by Crippen LogP contribution is -2.40. The Morgan fingerprint density at radius 3 is 2.17 bits per heavy atom. The number of rotatable bonds is 7. The van der Waals surface area contributed by atoms with Gasteiger partial charge >= 0.3 is 6.03 Å². The van der Waals surface area contributed by atoms with Gasteiger partial charge in [-0.2, -0.15) is 5.10 Å². The average molecular weight is 489 g/mol. The predicted octanol–water partition coefficient (Wildman–Crippen LogP) is 3.77. The van der Waals surface area contributed by atoms with E-state index in [1.165, 1.54) is 29.3 Å². The molecule has 9 nitrogen and oxygen atoms in total. The van der Waals surface area contributed by atoms with Gasteiger partial charge in [-0.3, -0.25) is 14.6 Å². The predicted molar refractivity (Wildman–Crippen MR) is 136 cm³/mol. The Morgan fingerprint density at radius 2 is 1.56 bits per heavy atom. The van der Waals surface area contributed by atoms with Crippen LogP contribution in [0.3, 0.4) is 0 Å². The summed E-state index contributed by atoms with van der Waals surface area (Å²) in [5, 5.41) is 14.0. The SMILES string of the molecule is CC(NC(=O)C1=NN(c2ccc(F)cc2)C(C(N)=O)C1)c1ccc(NC(=O)Nc2ccccc2)cc1. The van der Waals surface area contributed by atoms with Gasteiger partial charge in [0, 0.05) is 17.8 Å². The van der Waals surface area contributed by atoms with E-state index in [0.717, 1.165) is 5.56 Å². The Balaban J connectivity index is 1.37. The van der Waals surface area contributed by atoms with E-state index in [1.54, 1.807) is 43.3 Å². The van der Waals surface area contributed by atoms with Crippen LogP contribution in [0, 0.1) is 5.82 Å². The first-order valence-corrected chi connectivity index (χ1v) is 11.3. The summed E-state index contributed by atoms with van der Waals surface area (Å²) in [6.07, 6.45) is 0.0324. The summed E-state index contributed by atoms with van der Waals surface area (Å²) in [4.78, 5) is 37.0. The molecule has 4 amide bonds. The largest absolute Gasteiger partial charge is 0.368 e. The lowest BCUT2D eigenvalue weighted by atomic mass is 10.1.